The smallest absolute Gasteiger partial charge is 0.225 e. The summed E-state index contributed by atoms with van der Waals surface area (Å²) in [7, 11) is 0. The van der Waals surface area contributed by atoms with Crippen LogP contribution < -0.4 is 9.80 Å². The van der Waals surface area contributed by atoms with E-state index in [1.54, 1.807) is 12.4 Å². The summed E-state index contributed by atoms with van der Waals surface area (Å²) in [6.45, 7) is 8.34. The molecule has 0 aliphatic carbocycles. The van der Waals surface area contributed by atoms with Gasteiger partial charge in [-0.15, -0.1) is 10.2 Å². The Labute approximate surface area is 195 Å². The van der Waals surface area contributed by atoms with Crippen LogP contribution in [0.5, 0.6) is 0 Å². The van der Waals surface area contributed by atoms with E-state index in [0.717, 1.165) is 94.9 Å². The maximum absolute atomic E-state index is 5.49. The maximum atomic E-state index is 5.49. The highest BCUT2D eigenvalue weighted by atomic mass is 16.5. The summed E-state index contributed by atoms with van der Waals surface area (Å²) in [5, 5.41) is 9.34. The lowest BCUT2D eigenvalue weighted by molar-refractivity contribution is 0.0375. The van der Waals surface area contributed by atoms with Crippen molar-refractivity contribution in [2.75, 3.05) is 68.8 Å². The van der Waals surface area contributed by atoms with Gasteiger partial charge in [0.15, 0.2) is 5.82 Å². The van der Waals surface area contributed by atoms with Gasteiger partial charge in [-0.3, -0.25) is 4.90 Å². The van der Waals surface area contributed by atoms with Crippen LogP contribution >= 0.6 is 0 Å². The van der Waals surface area contributed by atoms with Crippen molar-refractivity contribution in [2.45, 2.75) is 12.8 Å². The van der Waals surface area contributed by atoms with Gasteiger partial charge in [-0.1, -0.05) is 30.3 Å². The molecule has 0 spiro atoms. The molecule has 8 heteroatoms. The molecule has 4 heterocycles. The maximum Gasteiger partial charge on any atom is 0.225 e. The van der Waals surface area contributed by atoms with Gasteiger partial charge < -0.3 is 14.5 Å². The Morgan fingerprint density at radius 3 is 2.27 bits per heavy atom. The number of piperazine rings is 1. The van der Waals surface area contributed by atoms with E-state index >= 15 is 0 Å². The molecule has 0 N–H and O–H groups in total. The summed E-state index contributed by atoms with van der Waals surface area (Å²) in [6.07, 6.45) is 5.69. The van der Waals surface area contributed by atoms with E-state index in [2.05, 4.69) is 48.0 Å². The summed E-state index contributed by atoms with van der Waals surface area (Å²) in [6, 6.07) is 14.4. The topological polar surface area (TPSA) is 70.5 Å². The molecule has 0 amide bonds. The highest BCUT2D eigenvalue weighted by Gasteiger charge is 2.23. The number of aromatic nitrogens is 4. The third-order valence-electron chi connectivity index (χ3n) is 6.36. The van der Waals surface area contributed by atoms with Crippen LogP contribution in [-0.4, -0.2) is 84.1 Å². The Balaban J connectivity index is 1.31. The van der Waals surface area contributed by atoms with Crippen LogP contribution in [0.25, 0.3) is 11.3 Å². The molecule has 5 rings (SSSR count). The quantitative estimate of drug-likeness (QED) is 0.550. The number of aryl methyl sites for hydroxylation is 1. The first-order valence-corrected chi connectivity index (χ1v) is 11.9. The Bertz CT molecular complexity index is 1000. The van der Waals surface area contributed by atoms with Gasteiger partial charge >= 0.3 is 0 Å². The number of anilines is 2. The minimum atomic E-state index is 0.799. The van der Waals surface area contributed by atoms with Gasteiger partial charge in [-0.05, 0) is 37.1 Å². The first-order chi connectivity index (χ1) is 16.4. The molecule has 2 aromatic heterocycles. The Kier molecular flexibility index (Phi) is 7.03. The van der Waals surface area contributed by atoms with Crippen LogP contribution in [0.3, 0.4) is 0 Å². The number of ether oxygens (including phenoxy) is 1. The zero-order valence-corrected chi connectivity index (χ0v) is 19.0. The van der Waals surface area contributed by atoms with E-state index in [9.17, 15) is 0 Å². The molecule has 172 valence electrons. The molecule has 0 saturated carbocycles. The normalized spacial score (nSPS) is 17.3. The van der Waals surface area contributed by atoms with Gasteiger partial charge in [-0.25, -0.2) is 9.97 Å². The second-order valence-corrected chi connectivity index (χ2v) is 8.52. The lowest BCUT2D eigenvalue weighted by Gasteiger charge is -2.36. The third kappa shape index (κ3) is 5.46. The summed E-state index contributed by atoms with van der Waals surface area (Å²) >= 11 is 0. The first kappa shape index (κ1) is 21.7. The number of nitrogens with zero attached hydrogens (tertiary/aromatic N) is 7. The summed E-state index contributed by atoms with van der Waals surface area (Å²) in [5.41, 5.74) is 3.33. The zero-order chi connectivity index (χ0) is 22.3. The average Bonchev–Trinajstić information content (AvgIpc) is 2.90. The van der Waals surface area contributed by atoms with Crippen LogP contribution in [0, 0.1) is 0 Å². The van der Waals surface area contributed by atoms with Gasteiger partial charge in [0, 0.05) is 57.2 Å². The first-order valence-electron chi connectivity index (χ1n) is 11.9. The van der Waals surface area contributed by atoms with Gasteiger partial charge in [-0.2, -0.15) is 0 Å². The van der Waals surface area contributed by atoms with Gasteiger partial charge in [0.1, 0.15) is 0 Å². The average molecular weight is 446 g/mol. The van der Waals surface area contributed by atoms with Crippen molar-refractivity contribution in [1.82, 2.24) is 25.1 Å². The predicted molar refractivity (Wildman–Crippen MR) is 130 cm³/mol. The molecule has 0 radical (unpaired) electrons. The third-order valence-corrected chi connectivity index (χ3v) is 6.36. The van der Waals surface area contributed by atoms with Crippen LogP contribution in [0.15, 0.2) is 54.9 Å². The summed E-state index contributed by atoms with van der Waals surface area (Å²) in [5.74, 6) is 1.82. The Morgan fingerprint density at radius 1 is 0.788 bits per heavy atom. The molecule has 0 bridgehead atoms. The molecule has 2 saturated heterocycles. The van der Waals surface area contributed by atoms with Gasteiger partial charge in [0.25, 0.3) is 0 Å². The number of benzene rings is 1. The second kappa shape index (κ2) is 10.7. The molecule has 0 unspecified atom stereocenters. The number of morpholine rings is 1. The molecular weight excluding hydrogens is 414 g/mol. The molecule has 0 atom stereocenters. The van der Waals surface area contributed by atoms with Crippen molar-refractivity contribution >= 4 is 11.8 Å². The fourth-order valence-electron chi connectivity index (χ4n) is 4.51. The van der Waals surface area contributed by atoms with Crippen LogP contribution in [0.2, 0.25) is 0 Å². The summed E-state index contributed by atoms with van der Waals surface area (Å²) in [4.78, 5) is 15.9. The van der Waals surface area contributed by atoms with E-state index in [0.29, 0.717) is 0 Å². The molecule has 2 fully saturated rings. The number of rotatable bonds is 7. The van der Waals surface area contributed by atoms with E-state index in [1.807, 2.05) is 24.3 Å². The molecule has 3 aromatic rings. The fraction of sp³-hybridized carbons (Fsp3) is 0.440. The van der Waals surface area contributed by atoms with Crippen molar-refractivity contribution in [3.63, 3.8) is 0 Å². The molecule has 33 heavy (non-hydrogen) atoms. The van der Waals surface area contributed by atoms with E-state index in [4.69, 9.17) is 9.84 Å². The monoisotopic (exact) mass is 445 g/mol. The molecule has 8 nitrogen and oxygen atoms in total. The highest BCUT2D eigenvalue weighted by molar-refractivity contribution is 5.62. The standard InChI is InChI=1S/C25H31N7O/c1-2-6-21(7-3-1)23-20-22(8-4-11-30-16-18-33-19-17-30)24(29-28-23)31-12-14-32(15-13-31)25-26-9-5-10-27-25/h1-3,5-7,9-10,20H,4,8,11-19H2. The SMILES string of the molecule is c1ccc(-c2cc(CCCN3CCOCC3)c(N3CCN(c4ncccn4)CC3)nn2)cc1. The van der Waals surface area contributed by atoms with Gasteiger partial charge in [0.05, 0.1) is 18.9 Å². The molecular formula is C25H31N7O. The largest absolute Gasteiger partial charge is 0.379 e. The lowest BCUT2D eigenvalue weighted by Crippen LogP contribution is -2.47. The van der Waals surface area contributed by atoms with Crippen molar-refractivity contribution in [3.05, 3.63) is 60.4 Å². The van der Waals surface area contributed by atoms with Crippen molar-refractivity contribution in [1.29, 1.82) is 0 Å². The van der Waals surface area contributed by atoms with Crippen molar-refractivity contribution in [2.24, 2.45) is 0 Å². The van der Waals surface area contributed by atoms with E-state index in [-0.39, 0.29) is 0 Å². The van der Waals surface area contributed by atoms with Gasteiger partial charge in [0.2, 0.25) is 5.95 Å². The highest BCUT2D eigenvalue weighted by Crippen LogP contribution is 2.26. The Hall–Kier alpha value is -3.10. The zero-order valence-electron chi connectivity index (χ0n) is 19.0. The van der Waals surface area contributed by atoms with Crippen molar-refractivity contribution in [3.8, 4) is 11.3 Å². The van der Waals surface area contributed by atoms with Crippen molar-refractivity contribution < 1.29 is 4.74 Å². The van der Waals surface area contributed by atoms with Crippen LogP contribution in [0.4, 0.5) is 11.8 Å². The number of hydrogen-bond acceptors (Lipinski definition) is 8. The van der Waals surface area contributed by atoms with Crippen LogP contribution in [0.1, 0.15) is 12.0 Å². The molecule has 2 aliphatic heterocycles. The van der Waals surface area contributed by atoms with E-state index < -0.39 is 0 Å². The number of hydrogen-bond donors (Lipinski definition) is 0. The lowest BCUT2D eigenvalue weighted by atomic mass is 10.1. The second-order valence-electron chi connectivity index (χ2n) is 8.52. The van der Waals surface area contributed by atoms with Crippen LogP contribution in [-0.2, 0) is 11.2 Å². The predicted octanol–water partition coefficient (Wildman–Crippen LogP) is 2.53. The van der Waals surface area contributed by atoms with E-state index in [1.165, 1.54) is 5.56 Å². The molecule has 1 aromatic carbocycles. The Morgan fingerprint density at radius 2 is 1.52 bits per heavy atom. The minimum absolute atomic E-state index is 0.799. The fourth-order valence-corrected chi connectivity index (χ4v) is 4.51. The molecule has 2 aliphatic rings. The minimum Gasteiger partial charge on any atom is -0.379 e. The summed E-state index contributed by atoms with van der Waals surface area (Å²) < 4.78 is 5.49.